The number of aryl methyl sites for hydroxylation is 1. The third kappa shape index (κ3) is 4.91. The Labute approximate surface area is 170 Å². The Bertz CT molecular complexity index is 983. The molecule has 0 aliphatic heterocycles. The number of pyridine rings is 1. The quantitative estimate of drug-likeness (QED) is 0.423. The molecule has 3 rings (SSSR count). The van der Waals surface area contributed by atoms with Crippen LogP contribution in [0.2, 0.25) is 5.02 Å². The molecule has 28 heavy (non-hydrogen) atoms. The Morgan fingerprint density at radius 1 is 1.11 bits per heavy atom. The molecule has 1 atom stereocenters. The van der Waals surface area contributed by atoms with E-state index in [9.17, 15) is 4.39 Å². The summed E-state index contributed by atoms with van der Waals surface area (Å²) in [6.45, 7) is 1.97. The van der Waals surface area contributed by atoms with E-state index >= 15 is 0 Å². The van der Waals surface area contributed by atoms with Crippen LogP contribution in [-0.4, -0.2) is 4.98 Å². The van der Waals surface area contributed by atoms with E-state index in [0.717, 1.165) is 36.3 Å². The summed E-state index contributed by atoms with van der Waals surface area (Å²) in [5, 5.41) is 0.0893. The first kappa shape index (κ1) is 19.9. The van der Waals surface area contributed by atoms with E-state index in [1.54, 1.807) is 12.1 Å². The minimum absolute atomic E-state index is 0.0893. The summed E-state index contributed by atoms with van der Waals surface area (Å²) >= 11 is 5.92. The van der Waals surface area contributed by atoms with E-state index in [-0.39, 0.29) is 5.02 Å². The Hall–Kier alpha value is -2.83. The number of halogens is 2. The summed E-state index contributed by atoms with van der Waals surface area (Å²) in [7, 11) is 0. The van der Waals surface area contributed by atoms with Gasteiger partial charge >= 0.3 is 0 Å². The standard InChI is InChI=1S/C24H21ClFNO/c1-3-24(2,18-14-15-22(26)21(25)17-18)16-8-10-19-9-7-13-23(27-19)28-20-11-5-4-6-12-20/h1,4-7,9,11-15,17H,8,10,16H2,2H3. The molecule has 0 bridgehead atoms. The maximum atomic E-state index is 13.5. The smallest absolute Gasteiger partial charge is 0.219 e. The summed E-state index contributed by atoms with van der Waals surface area (Å²) in [6.07, 6.45) is 8.12. The fourth-order valence-corrected chi connectivity index (χ4v) is 3.21. The lowest BCUT2D eigenvalue weighted by Gasteiger charge is -2.24. The molecule has 0 radical (unpaired) electrons. The van der Waals surface area contributed by atoms with E-state index in [2.05, 4.69) is 10.9 Å². The monoisotopic (exact) mass is 393 g/mol. The maximum absolute atomic E-state index is 13.5. The van der Waals surface area contributed by atoms with Gasteiger partial charge in [0.2, 0.25) is 5.88 Å². The molecule has 142 valence electrons. The van der Waals surface area contributed by atoms with Gasteiger partial charge in [-0.2, -0.15) is 0 Å². The van der Waals surface area contributed by atoms with Crippen LogP contribution in [0.25, 0.3) is 0 Å². The molecule has 1 aromatic heterocycles. The Morgan fingerprint density at radius 2 is 1.89 bits per heavy atom. The van der Waals surface area contributed by atoms with Crippen molar-refractivity contribution in [2.45, 2.75) is 31.6 Å². The van der Waals surface area contributed by atoms with Crippen LogP contribution in [0, 0.1) is 18.2 Å². The van der Waals surface area contributed by atoms with Crippen LogP contribution < -0.4 is 4.74 Å². The van der Waals surface area contributed by atoms with Gasteiger partial charge in [-0.3, -0.25) is 0 Å². The van der Waals surface area contributed by atoms with Crippen LogP contribution in [0.1, 0.15) is 31.0 Å². The van der Waals surface area contributed by atoms with E-state index in [0.29, 0.717) is 5.88 Å². The van der Waals surface area contributed by atoms with Gasteiger partial charge in [0.25, 0.3) is 0 Å². The molecule has 0 saturated carbocycles. The predicted octanol–water partition coefficient (Wildman–Crippen LogP) is 6.58. The van der Waals surface area contributed by atoms with Crippen molar-refractivity contribution in [1.82, 2.24) is 4.98 Å². The maximum Gasteiger partial charge on any atom is 0.219 e. The van der Waals surface area contributed by atoms with Crippen molar-refractivity contribution in [2.24, 2.45) is 0 Å². The van der Waals surface area contributed by atoms with Gasteiger partial charge in [-0.1, -0.05) is 47.9 Å². The van der Waals surface area contributed by atoms with Crippen molar-refractivity contribution in [2.75, 3.05) is 0 Å². The molecule has 0 amide bonds. The summed E-state index contributed by atoms with van der Waals surface area (Å²) in [5.74, 6) is 3.72. The fourth-order valence-electron chi connectivity index (χ4n) is 3.03. The normalized spacial score (nSPS) is 12.8. The third-order valence-electron chi connectivity index (χ3n) is 4.73. The molecule has 3 aromatic rings. The lowest BCUT2D eigenvalue weighted by atomic mass is 9.79. The average Bonchev–Trinajstić information content (AvgIpc) is 2.71. The van der Waals surface area contributed by atoms with Crippen molar-refractivity contribution >= 4 is 11.6 Å². The number of terminal acetylenes is 1. The Balaban J connectivity index is 1.64. The molecule has 0 saturated heterocycles. The summed E-state index contributed by atoms with van der Waals surface area (Å²) in [6, 6.07) is 20.0. The molecule has 0 N–H and O–H groups in total. The molecular formula is C24H21ClFNO. The fraction of sp³-hybridized carbons (Fsp3) is 0.208. The SMILES string of the molecule is C#CC(C)(CCCc1cccc(Oc2ccccc2)n1)c1ccc(F)c(Cl)c1. The number of hydrogen-bond donors (Lipinski definition) is 0. The van der Waals surface area contributed by atoms with Crippen LogP contribution >= 0.6 is 11.6 Å². The molecule has 4 heteroatoms. The third-order valence-corrected chi connectivity index (χ3v) is 5.02. The minimum atomic E-state index is -0.518. The van der Waals surface area contributed by atoms with Crippen molar-refractivity contribution in [1.29, 1.82) is 0 Å². The number of hydrogen-bond acceptors (Lipinski definition) is 2. The van der Waals surface area contributed by atoms with Crippen LogP contribution in [0.3, 0.4) is 0 Å². The van der Waals surface area contributed by atoms with Crippen LogP contribution in [0.15, 0.2) is 66.7 Å². The van der Waals surface area contributed by atoms with Gasteiger partial charge in [-0.05, 0) is 62.1 Å². The molecule has 1 unspecified atom stereocenters. The number of nitrogens with zero attached hydrogens (tertiary/aromatic N) is 1. The zero-order valence-electron chi connectivity index (χ0n) is 15.7. The van der Waals surface area contributed by atoms with Crippen LogP contribution in [0.5, 0.6) is 11.6 Å². The van der Waals surface area contributed by atoms with Crippen molar-refractivity contribution in [3.05, 3.63) is 88.8 Å². The minimum Gasteiger partial charge on any atom is -0.439 e. The Kier molecular flexibility index (Phi) is 6.34. The van der Waals surface area contributed by atoms with Crippen LogP contribution in [0.4, 0.5) is 4.39 Å². The van der Waals surface area contributed by atoms with Gasteiger partial charge in [-0.25, -0.2) is 9.37 Å². The van der Waals surface area contributed by atoms with E-state index in [1.807, 2.05) is 55.5 Å². The highest BCUT2D eigenvalue weighted by molar-refractivity contribution is 6.30. The molecule has 0 fully saturated rings. The summed E-state index contributed by atoms with van der Waals surface area (Å²) < 4.78 is 19.2. The highest BCUT2D eigenvalue weighted by Gasteiger charge is 2.24. The first-order valence-corrected chi connectivity index (χ1v) is 9.50. The zero-order valence-corrected chi connectivity index (χ0v) is 16.4. The lowest BCUT2D eigenvalue weighted by molar-refractivity contribution is 0.459. The number of rotatable bonds is 7. The topological polar surface area (TPSA) is 22.1 Å². The largest absolute Gasteiger partial charge is 0.439 e. The van der Waals surface area contributed by atoms with Gasteiger partial charge in [-0.15, -0.1) is 6.42 Å². The molecular weight excluding hydrogens is 373 g/mol. The highest BCUT2D eigenvalue weighted by atomic mass is 35.5. The lowest BCUT2D eigenvalue weighted by Crippen LogP contribution is -2.20. The van der Waals surface area contributed by atoms with Gasteiger partial charge in [0.05, 0.1) is 10.4 Å². The summed E-state index contributed by atoms with van der Waals surface area (Å²) in [4.78, 5) is 4.57. The van der Waals surface area contributed by atoms with Gasteiger partial charge < -0.3 is 4.74 Å². The van der Waals surface area contributed by atoms with E-state index in [1.165, 1.54) is 6.07 Å². The molecule has 0 aliphatic carbocycles. The number of ether oxygens (including phenoxy) is 1. The zero-order chi connectivity index (χ0) is 20.0. The molecule has 2 nitrogen and oxygen atoms in total. The predicted molar refractivity (Wildman–Crippen MR) is 111 cm³/mol. The molecule has 2 aromatic carbocycles. The van der Waals surface area contributed by atoms with Gasteiger partial charge in [0, 0.05) is 11.8 Å². The summed E-state index contributed by atoms with van der Waals surface area (Å²) in [5.41, 5.74) is 1.26. The van der Waals surface area contributed by atoms with Crippen molar-refractivity contribution in [3.8, 4) is 24.0 Å². The molecule has 0 aliphatic rings. The van der Waals surface area contributed by atoms with Crippen molar-refractivity contribution in [3.63, 3.8) is 0 Å². The van der Waals surface area contributed by atoms with Gasteiger partial charge in [0.15, 0.2) is 0 Å². The van der Waals surface area contributed by atoms with Crippen molar-refractivity contribution < 1.29 is 9.13 Å². The van der Waals surface area contributed by atoms with E-state index < -0.39 is 11.2 Å². The van der Waals surface area contributed by atoms with Crippen LogP contribution in [-0.2, 0) is 11.8 Å². The first-order chi connectivity index (χ1) is 13.5. The number of aromatic nitrogens is 1. The second-order valence-electron chi connectivity index (χ2n) is 6.84. The highest BCUT2D eigenvalue weighted by Crippen LogP contribution is 2.31. The van der Waals surface area contributed by atoms with Gasteiger partial charge in [0.1, 0.15) is 11.6 Å². The molecule has 1 heterocycles. The number of para-hydroxylation sites is 1. The molecule has 0 spiro atoms. The van der Waals surface area contributed by atoms with E-state index in [4.69, 9.17) is 22.8 Å². The number of benzene rings is 2. The first-order valence-electron chi connectivity index (χ1n) is 9.12. The average molecular weight is 394 g/mol. The Morgan fingerprint density at radius 3 is 2.61 bits per heavy atom. The second kappa shape index (κ2) is 8.91. The second-order valence-corrected chi connectivity index (χ2v) is 7.25.